The van der Waals surface area contributed by atoms with E-state index in [1.54, 1.807) is 7.05 Å². The minimum Gasteiger partial charge on any atom is -0.369 e. The third kappa shape index (κ3) is 4.94. The molecule has 0 saturated carbocycles. The summed E-state index contributed by atoms with van der Waals surface area (Å²) in [7, 11) is 1.72. The highest BCUT2D eigenvalue weighted by Crippen LogP contribution is 2.19. The number of benzene rings is 2. The molecule has 0 radical (unpaired) electrons. The van der Waals surface area contributed by atoms with E-state index in [4.69, 9.17) is 0 Å². The summed E-state index contributed by atoms with van der Waals surface area (Å²) in [6.45, 7) is 2.47. The molecule has 0 aliphatic carbocycles. The number of anilines is 1. The maximum atomic E-state index is 13.2. The molecule has 26 heavy (non-hydrogen) atoms. The van der Waals surface area contributed by atoms with Crippen molar-refractivity contribution in [2.45, 2.75) is 18.9 Å². The molecule has 0 bridgehead atoms. The fourth-order valence-electron chi connectivity index (χ4n) is 3.22. The zero-order valence-corrected chi connectivity index (χ0v) is 14.9. The van der Waals surface area contributed by atoms with Gasteiger partial charge in [0.1, 0.15) is 11.6 Å². The molecule has 2 aromatic rings. The Morgan fingerprint density at radius 1 is 1.15 bits per heavy atom. The van der Waals surface area contributed by atoms with E-state index in [1.165, 1.54) is 17.8 Å². The first kappa shape index (κ1) is 18.2. The molecule has 0 aromatic heterocycles. The molecule has 1 aliphatic rings. The van der Waals surface area contributed by atoms with Gasteiger partial charge >= 0.3 is 0 Å². The molecule has 2 aromatic carbocycles. The summed E-state index contributed by atoms with van der Waals surface area (Å²) in [5.41, 5.74) is 1.86. The van der Waals surface area contributed by atoms with Gasteiger partial charge in [-0.25, -0.2) is 8.78 Å². The minimum atomic E-state index is -0.547. The third-order valence-electron chi connectivity index (χ3n) is 4.50. The van der Waals surface area contributed by atoms with Crippen LogP contribution in [0.1, 0.15) is 12.0 Å². The molecule has 0 amide bonds. The first-order chi connectivity index (χ1) is 12.6. The monoisotopic (exact) mass is 358 g/mol. The quantitative estimate of drug-likeness (QED) is 0.638. The standard InChI is InChI=1S/C20H24F2N4/c1-23-20(24-9-7-15-11-16(21)13-17(22)12-15)25-18-8-10-26(14-18)19-5-3-2-4-6-19/h2-6,11-13,18H,7-10,14H2,1H3,(H2,23,24,25). The van der Waals surface area contributed by atoms with Crippen molar-refractivity contribution < 1.29 is 8.78 Å². The van der Waals surface area contributed by atoms with E-state index in [2.05, 4.69) is 32.7 Å². The molecule has 6 heteroatoms. The van der Waals surface area contributed by atoms with Gasteiger partial charge in [0.15, 0.2) is 5.96 Å². The van der Waals surface area contributed by atoms with Gasteiger partial charge in [-0.2, -0.15) is 0 Å². The maximum absolute atomic E-state index is 13.2. The van der Waals surface area contributed by atoms with Crippen molar-refractivity contribution in [3.63, 3.8) is 0 Å². The number of halogens is 2. The average Bonchev–Trinajstić information content (AvgIpc) is 3.09. The summed E-state index contributed by atoms with van der Waals surface area (Å²) in [5.74, 6) is -0.384. The van der Waals surface area contributed by atoms with Crippen LogP contribution in [0.2, 0.25) is 0 Å². The van der Waals surface area contributed by atoms with Crippen molar-refractivity contribution in [1.82, 2.24) is 10.6 Å². The summed E-state index contributed by atoms with van der Waals surface area (Å²) in [6.07, 6.45) is 1.56. The van der Waals surface area contributed by atoms with Crippen LogP contribution in [0.5, 0.6) is 0 Å². The number of hydrogen-bond acceptors (Lipinski definition) is 2. The Hall–Kier alpha value is -2.63. The van der Waals surface area contributed by atoms with Crippen molar-refractivity contribution in [1.29, 1.82) is 0 Å². The Labute approximate surface area is 152 Å². The zero-order valence-electron chi connectivity index (χ0n) is 14.9. The highest BCUT2D eigenvalue weighted by Gasteiger charge is 2.23. The average molecular weight is 358 g/mol. The molecule has 1 atom stereocenters. The SMILES string of the molecule is CN=C(NCCc1cc(F)cc(F)c1)NC1CCN(c2ccccc2)C1. The lowest BCUT2D eigenvalue weighted by molar-refractivity contribution is 0.579. The molecule has 2 N–H and O–H groups in total. The third-order valence-corrected chi connectivity index (χ3v) is 4.50. The van der Waals surface area contributed by atoms with E-state index in [-0.39, 0.29) is 0 Å². The lowest BCUT2D eigenvalue weighted by Crippen LogP contribution is -2.45. The lowest BCUT2D eigenvalue weighted by atomic mass is 10.1. The predicted molar refractivity (Wildman–Crippen MR) is 102 cm³/mol. The predicted octanol–water partition coefficient (Wildman–Crippen LogP) is 2.95. The van der Waals surface area contributed by atoms with Crippen LogP contribution < -0.4 is 15.5 Å². The van der Waals surface area contributed by atoms with E-state index >= 15 is 0 Å². The Morgan fingerprint density at radius 2 is 1.88 bits per heavy atom. The normalized spacial score (nSPS) is 17.4. The first-order valence-corrected chi connectivity index (χ1v) is 8.86. The van der Waals surface area contributed by atoms with Crippen LogP contribution >= 0.6 is 0 Å². The molecule has 1 saturated heterocycles. The van der Waals surface area contributed by atoms with E-state index in [1.807, 2.05) is 18.2 Å². The molecule has 138 valence electrons. The second-order valence-corrected chi connectivity index (χ2v) is 6.44. The van der Waals surface area contributed by atoms with Crippen LogP contribution in [0.25, 0.3) is 0 Å². The van der Waals surface area contributed by atoms with Gasteiger partial charge in [0, 0.05) is 44.5 Å². The summed E-state index contributed by atoms with van der Waals surface area (Å²) in [4.78, 5) is 6.59. The number of nitrogens with one attached hydrogen (secondary N) is 2. The van der Waals surface area contributed by atoms with Crippen LogP contribution in [0.4, 0.5) is 14.5 Å². The molecular formula is C20H24F2N4. The molecule has 1 fully saturated rings. The molecule has 1 heterocycles. The number of para-hydroxylation sites is 1. The van der Waals surface area contributed by atoms with Crippen LogP contribution in [0, 0.1) is 11.6 Å². The van der Waals surface area contributed by atoms with Crippen molar-refractivity contribution in [2.75, 3.05) is 31.6 Å². The van der Waals surface area contributed by atoms with E-state index in [0.29, 0.717) is 30.5 Å². The topological polar surface area (TPSA) is 39.7 Å². The Morgan fingerprint density at radius 3 is 2.58 bits per heavy atom. The largest absolute Gasteiger partial charge is 0.369 e. The highest BCUT2D eigenvalue weighted by atomic mass is 19.1. The van der Waals surface area contributed by atoms with Gasteiger partial charge < -0.3 is 15.5 Å². The van der Waals surface area contributed by atoms with Crippen LogP contribution in [-0.4, -0.2) is 38.7 Å². The van der Waals surface area contributed by atoms with E-state index < -0.39 is 11.6 Å². The summed E-state index contributed by atoms with van der Waals surface area (Å²) >= 11 is 0. The molecule has 1 unspecified atom stereocenters. The van der Waals surface area contributed by atoms with Crippen LogP contribution in [0.15, 0.2) is 53.5 Å². The first-order valence-electron chi connectivity index (χ1n) is 8.86. The maximum Gasteiger partial charge on any atom is 0.191 e. The van der Waals surface area contributed by atoms with Gasteiger partial charge in [0.05, 0.1) is 0 Å². The van der Waals surface area contributed by atoms with Crippen molar-refractivity contribution in [3.8, 4) is 0 Å². The van der Waals surface area contributed by atoms with Crippen LogP contribution in [0.3, 0.4) is 0 Å². The van der Waals surface area contributed by atoms with E-state index in [9.17, 15) is 8.78 Å². The summed E-state index contributed by atoms with van der Waals surface area (Å²) in [6, 6.07) is 14.3. The number of aliphatic imine (C=N–C) groups is 1. The fourth-order valence-corrected chi connectivity index (χ4v) is 3.22. The number of nitrogens with zero attached hydrogens (tertiary/aromatic N) is 2. The van der Waals surface area contributed by atoms with Crippen molar-refractivity contribution >= 4 is 11.6 Å². The molecular weight excluding hydrogens is 334 g/mol. The second kappa shape index (κ2) is 8.65. The van der Waals surface area contributed by atoms with Crippen molar-refractivity contribution in [2.24, 2.45) is 4.99 Å². The fraction of sp³-hybridized carbons (Fsp3) is 0.350. The molecule has 3 rings (SSSR count). The second-order valence-electron chi connectivity index (χ2n) is 6.44. The van der Waals surface area contributed by atoms with Gasteiger partial charge in [-0.15, -0.1) is 0 Å². The molecule has 1 aliphatic heterocycles. The number of guanidine groups is 1. The van der Waals surface area contributed by atoms with Gasteiger partial charge in [-0.3, -0.25) is 4.99 Å². The Balaban J connectivity index is 1.46. The Kier molecular flexibility index (Phi) is 6.04. The number of rotatable bonds is 5. The van der Waals surface area contributed by atoms with E-state index in [0.717, 1.165) is 25.6 Å². The number of hydrogen-bond donors (Lipinski definition) is 2. The summed E-state index contributed by atoms with van der Waals surface area (Å²) in [5, 5.41) is 6.64. The molecule has 4 nitrogen and oxygen atoms in total. The molecule has 0 spiro atoms. The van der Waals surface area contributed by atoms with Gasteiger partial charge in [-0.1, -0.05) is 18.2 Å². The smallest absolute Gasteiger partial charge is 0.191 e. The lowest BCUT2D eigenvalue weighted by Gasteiger charge is -2.20. The van der Waals surface area contributed by atoms with Gasteiger partial charge in [-0.05, 0) is 42.7 Å². The van der Waals surface area contributed by atoms with Crippen molar-refractivity contribution in [3.05, 3.63) is 65.7 Å². The zero-order chi connectivity index (χ0) is 18.4. The highest BCUT2D eigenvalue weighted by molar-refractivity contribution is 5.80. The minimum absolute atomic E-state index is 0.313. The van der Waals surface area contributed by atoms with Crippen LogP contribution in [-0.2, 0) is 6.42 Å². The van der Waals surface area contributed by atoms with Gasteiger partial charge in [0.25, 0.3) is 0 Å². The van der Waals surface area contributed by atoms with Gasteiger partial charge in [0.2, 0.25) is 0 Å². The summed E-state index contributed by atoms with van der Waals surface area (Å²) < 4.78 is 26.5. The Bertz CT molecular complexity index is 728.